The Bertz CT molecular complexity index is 296. The number of hydrogen-bond acceptors (Lipinski definition) is 2. The maximum absolute atomic E-state index is 5.86. The quantitative estimate of drug-likeness (QED) is 0.717. The zero-order valence-electron chi connectivity index (χ0n) is 8.69. The molecule has 0 aromatic heterocycles. The fraction of sp³-hybridized carbons (Fsp3) is 0.500. The number of rotatable bonds is 2. The molecule has 1 aromatic rings. The molecular formula is C12H16O2. The van der Waals surface area contributed by atoms with E-state index >= 15 is 0 Å². The van der Waals surface area contributed by atoms with Crippen LogP contribution in [0.5, 0.6) is 0 Å². The van der Waals surface area contributed by atoms with E-state index < -0.39 is 5.79 Å². The van der Waals surface area contributed by atoms with Crippen LogP contribution in [0.25, 0.3) is 0 Å². The maximum atomic E-state index is 5.86. The summed E-state index contributed by atoms with van der Waals surface area (Å²) in [5, 5.41) is 0. The summed E-state index contributed by atoms with van der Waals surface area (Å²) in [7, 11) is 0. The molecule has 0 radical (unpaired) electrons. The van der Waals surface area contributed by atoms with Gasteiger partial charge in [0.15, 0.2) is 5.79 Å². The summed E-state index contributed by atoms with van der Waals surface area (Å²) in [4.78, 5) is 0. The van der Waals surface area contributed by atoms with Crippen molar-refractivity contribution in [2.45, 2.75) is 32.2 Å². The Labute approximate surface area is 84.8 Å². The Balaban J connectivity index is 2.30. The van der Waals surface area contributed by atoms with E-state index in [1.165, 1.54) is 0 Å². The molecule has 0 bridgehead atoms. The van der Waals surface area contributed by atoms with E-state index in [2.05, 4.69) is 19.1 Å². The summed E-state index contributed by atoms with van der Waals surface area (Å²) in [5.74, 6) is -0.499. The van der Waals surface area contributed by atoms with Crippen molar-refractivity contribution in [2.75, 3.05) is 6.61 Å². The highest BCUT2D eigenvalue weighted by molar-refractivity contribution is 5.20. The SMILES string of the molecule is CC[C@@]1(c2ccccc2)OC[C@H](C)O1. The molecule has 1 heterocycles. The minimum atomic E-state index is -0.499. The van der Waals surface area contributed by atoms with Gasteiger partial charge in [0.25, 0.3) is 0 Å². The van der Waals surface area contributed by atoms with E-state index in [1.807, 2.05) is 25.1 Å². The van der Waals surface area contributed by atoms with Crippen molar-refractivity contribution < 1.29 is 9.47 Å². The van der Waals surface area contributed by atoms with Gasteiger partial charge in [-0.1, -0.05) is 37.3 Å². The molecule has 76 valence electrons. The third-order valence-corrected chi connectivity index (χ3v) is 2.62. The van der Waals surface area contributed by atoms with Gasteiger partial charge in [0, 0.05) is 12.0 Å². The second-order valence-electron chi connectivity index (χ2n) is 3.71. The second-order valence-corrected chi connectivity index (χ2v) is 3.71. The van der Waals surface area contributed by atoms with Crippen LogP contribution in [0, 0.1) is 0 Å². The highest BCUT2D eigenvalue weighted by Gasteiger charge is 2.39. The lowest BCUT2D eigenvalue weighted by Crippen LogP contribution is -2.26. The summed E-state index contributed by atoms with van der Waals surface area (Å²) >= 11 is 0. The average Bonchev–Trinajstić information content (AvgIpc) is 2.63. The third kappa shape index (κ3) is 1.56. The third-order valence-electron chi connectivity index (χ3n) is 2.62. The topological polar surface area (TPSA) is 18.5 Å². The Morgan fingerprint density at radius 2 is 2.07 bits per heavy atom. The van der Waals surface area contributed by atoms with Crippen LogP contribution in [-0.2, 0) is 15.3 Å². The van der Waals surface area contributed by atoms with Crippen LogP contribution in [0.3, 0.4) is 0 Å². The predicted molar refractivity (Wildman–Crippen MR) is 54.9 cm³/mol. The molecule has 2 atom stereocenters. The highest BCUT2D eigenvalue weighted by atomic mass is 16.7. The van der Waals surface area contributed by atoms with Gasteiger partial charge in [-0.05, 0) is 6.92 Å². The van der Waals surface area contributed by atoms with E-state index in [0.717, 1.165) is 12.0 Å². The predicted octanol–water partition coefficient (Wildman–Crippen LogP) is 2.68. The van der Waals surface area contributed by atoms with E-state index in [0.29, 0.717) is 6.61 Å². The van der Waals surface area contributed by atoms with Gasteiger partial charge in [0.1, 0.15) is 0 Å². The molecule has 1 fully saturated rings. The fourth-order valence-electron chi connectivity index (χ4n) is 1.88. The van der Waals surface area contributed by atoms with Crippen molar-refractivity contribution in [1.29, 1.82) is 0 Å². The van der Waals surface area contributed by atoms with E-state index in [4.69, 9.17) is 9.47 Å². The molecule has 0 amide bonds. The van der Waals surface area contributed by atoms with Gasteiger partial charge in [-0.2, -0.15) is 0 Å². The smallest absolute Gasteiger partial charge is 0.195 e. The number of ether oxygens (including phenoxy) is 2. The molecule has 2 nitrogen and oxygen atoms in total. The molecule has 0 N–H and O–H groups in total. The molecule has 14 heavy (non-hydrogen) atoms. The van der Waals surface area contributed by atoms with Crippen molar-refractivity contribution in [3.05, 3.63) is 35.9 Å². The molecule has 1 aromatic carbocycles. The Kier molecular flexibility index (Phi) is 2.57. The lowest BCUT2D eigenvalue weighted by Gasteiger charge is -2.26. The summed E-state index contributed by atoms with van der Waals surface area (Å²) in [5.41, 5.74) is 1.12. The van der Waals surface area contributed by atoms with Crippen molar-refractivity contribution in [3.8, 4) is 0 Å². The number of benzene rings is 1. The first kappa shape index (κ1) is 9.69. The molecule has 0 saturated carbocycles. The van der Waals surface area contributed by atoms with Gasteiger partial charge in [-0.25, -0.2) is 0 Å². The van der Waals surface area contributed by atoms with Gasteiger partial charge in [-0.15, -0.1) is 0 Å². The summed E-state index contributed by atoms with van der Waals surface area (Å²) in [6.45, 7) is 4.81. The molecule has 1 aliphatic heterocycles. The molecule has 0 aliphatic carbocycles. The van der Waals surface area contributed by atoms with Crippen LogP contribution in [0.2, 0.25) is 0 Å². The molecule has 1 aliphatic rings. The molecule has 1 saturated heterocycles. The van der Waals surface area contributed by atoms with Crippen LogP contribution >= 0.6 is 0 Å². The minimum absolute atomic E-state index is 0.190. The van der Waals surface area contributed by atoms with Gasteiger partial charge in [-0.3, -0.25) is 0 Å². The van der Waals surface area contributed by atoms with Crippen LogP contribution in [0.4, 0.5) is 0 Å². The summed E-state index contributed by atoms with van der Waals surface area (Å²) in [6, 6.07) is 10.2. The van der Waals surface area contributed by atoms with E-state index in [1.54, 1.807) is 0 Å². The maximum Gasteiger partial charge on any atom is 0.195 e. The average molecular weight is 192 g/mol. The lowest BCUT2D eigenvalue weighted by molar-refractivity contribution is -0.177. The first-order chi connectivity index (χ1) is 6.77. The van der Waals surface area contributed by atoms with Crippen molar-refractivity contribution in [3.63, 3.8) is 0 Å². The Morgan fingerprint density at radius 1 is 1.36 bits per heavy atom. The van der Waals surface area contributed by atoms with Crippen molar-refractivity contribution >= 4 is 0 Å². The van der Waals surface area contributed by atoms with Gasteiger partial charge >= 0.3 is 0 Å². The normalized spacial score (nSPS) is 32.0. The molecule has 2 heteroatoms. The summed E-state index contributed by atoms with van der Waals surface area (Å²) < 4.78 is 11.6. The fourth-order valence-corrected chi connectivity index (χ4v) is 1.88. The Morgan fingerprint density at radius 3 is 2.57 bits per heavy atom. The lowest BCUT2D eigenvalue weighted by atomic mass is 10.0. The first-order valence-electron chi connectivity index (χ1n) is 5.14. The largest absolute Gasteiger partial charge is 0.343 e. The minimum Gasteiger partial charge on any atom is -0.343 e. The second kappa shape index (κ2) is 3.71. The van der Waals surface area contributed by atoms with Crippen LogP contribution in [0.1, 0.15) is 25.8 Å². The molecular weight excluding hydrogens is 176 g/mol. The van der Waals surface area contributed by atoms with E-state index in [-0.39, 0.29) is 6.10 Å². The van der Waals surface area contributed by atoms with Crippen LogP contribution in [-0.4, -0.2) is 12.7 Å². The van der Waals surface area contributed by atoms with Gasteiger partial charge in [0.05, 0.1) is 12.7 Å². The molecule has 2 rings (SSSR count). The zero-order valence-corrected chi connectivity index (χ0v) is 8.69. The standard InChI is InChI=1S/C12H16O2/c1-3-12(13-9-10(2)14-12)11-7-5-4-6-8-11/h4-8,10H,3,9H2,1-2H3/t10-,12+/m0/s1. The summed E-state index contributed by atoms with van der Waals surface area (Å²) in [6.07, 6.45) is 1.04. The Hall–Kier alpha value is -0.860. The first-order valence-corrected chi connectivity index (χ1v) is 5.14. The molecule has 0 unspecified atom stereocenters. The number of hydrogen-bond donors (Lipinski definition) is 0. The van der Waals surface area contributed by atoms with E-state index in [9.17, 15) is 0 Å². The monoisotopic (exact) mass is 192 g/mol. The highest BCUT2D eigenvalue weighted by Crippen LogP contribution is 2.36. The van der Waals surface area contributed by atoms with Gasteiger partial charge in [0.2, 0.25) is 0 Å². The van der Waals surface area contributed by atoms with Crippen LogP contribution in [0.15, 0.2) is 30.3 Å². The zero-order chi connectivity index (χ0) is 10.0. The van der Waals surface area contributed by atoms with Crippen molar-refractivity contribution in [2.24, 2.45) is 0 Å². The van der Waals surface area contributed by atoms with Gasteiger partial charge < -0.3 is 9.47 Å². The molecule has 0 spiro atoms. The van der Waals surface area contributed by atoms with Crippen molar-refractivity contribution in [1.82, 2.24) is 0 Å². The van der Waals surface area contributed by atoms with Crippen LogP contribution < -0.4 is 0 Å².